The van der Waals surface area contributed by atoms with Crippen LogP contribution in [0.3, 0.4) is 0 Å². The molecule has 3 saturated heterocycles. The summed E-state index contributed by atoms with van der Waals surface area (Å²) < 4.78 is 14.7. The van der Waals surface area contributed by atoms with E-state index in [4.69, 9.17) is 19.3 Å². The lowest BCUT2D eigenvalue weighted by molar-refractivity contribution is -0.113. The Morgan fingerprint density at radius 2 is 1.93 bits per heavy atom. The van der Waals surface area contributed by atoms with E-state index in [1.54, 1.807) is 16.9 Å². The fourth-order valence-corrected chi connectivity index (χ4v) is 8.21. The Morgan fingerprint density at radius 3 is 2.59 bits per heavy atom. The molecule has 1 N–H and O–H groups in total. The van der Waals surface area contributed by atoms with Gasteiger partial charge in [-0.15, -0.1) is 0 Å². The lowest BCUT2D eigenvalue weighted by Crippen LogP contribution is -2.68. The zero-order valence-corrected chi connectivity index (χ0v) is 24.1. The van der Waals surface area contributed by atoms with Crippen LogP contribution in [0.4, 0.5) is 5.82 Å². The van der Waals surface area contributed by atoms with E-state index < -0.39 is 18.3 Å². The molecule has 2 saturated carbocycles. The summed E-state index contributed by atoms with van der Waals surface area (Å²) >= 11 is 0. The number of hydrogen-bond acceptors (Lipinski definition) is 8. The molecule has 5 fully saturated rings. The molecule has 3 atom stereocenters. The van der Waals surface area contributed by atoms with Gasteiger partial charge in [-0.05, 0) is 71.3 Å². The highest BCUT2D eigenvalue weighted by Crippen LogP contribution is 2.52. The first kappa shape index (κ1) is 26.4. The number of nitrogens with one attached hydrogen (secondary N) is 1. The maximum Gasteiger partial charge on any atom is 0.496 e. The number of hydrogen-bond donors (Lipinski definition) is 1. The second kappa shape index (κ2) is 9.26. The molecule has 0 aromatic carbocycles. The highest BCUT2D eigenvalue weighted by Gasteiger charge is 2.55. The number of carbonyl (C=O) groups excluding carboxylic acids is 1. The summed E-state index contributed by atoms with van der Waals surface area (Å²) in [5.41, 5.74) is 2.42. The third kappa shape index (κ3) is 4.06. The van der Waals surface area contributed by atoms with Crippen molar-refractivity contribution in [2.45, 2.75) is 101 Å². The number of carbonyl (C=O) groups is 1. The first-order valence-electron chi connectivity index (χ1n) is 14.8. The first-order valence-corrected chi connectivity index (χ1v) is 14.8. The molecule has 212 valence electrons. The fourth-order valence-electron chi connectivity index (χ4n) is 8.21. The van der Waals surface area contributed by atoms with Gasteiger partial charge in [0, 0.05) is 34.8 Å². The third-order valence-electron chi connectivity index (χ3n) is 10.3. The van der Waals surface area contributed by atoms with Gasteiger partial charge in [0.25, 0.3) is 0 Å². The van der Waals surface area contributed by atoms with Gasteiger partial charge >= 0.3 is 7.12 Å². The summed E-state index contributed by atoms with van der Waals surface area (Å²) in [6.07, 6.45) is 15.1. The Hall–Kier alpha value is -3.49. The third-order valence-corrected chi connectivity index (χ3v) is 10.3. The number of aromatic nitrogens is 4. The average molecular weight is 553 g/mol. The van der Waals surface area contributed by atoms with Crippen LogP contribution in [0.5, 0.6) is 0 Å². The average Bonchev–Trinajstić information content (AvgIpc) is 3.45. The predicted octanol–water partition coefficient (Wildman–Crippen LogP) is 3.38. The topological polar surface area (TPSA) is 118 Å². The van der Waals surface area contributed by atoms with Crippen LogP contribution in [0, 0.1) is 17.2 Å². The van der Waals surface area contributed by atoms with Gasteiger partial charge in [0.1, 0.15) is 11.9 Å². The maximum absolute atomic E-state index is 11.3. The van der Waals surface area contributed by atoms with Crippen LogP contribution in [-0.2, 0) is 14.1 Å². The van der Waals surface area contributed by atoms with Crippen molar-refractivity contribution in [3.63, 3.8) is 0 Å². The number of nitrogens with zero attached hydrogens (tertiary/aromatic N) is 6. The number of anilines is 1. The standard InChI is InChI=1S/C30H36BN7O3/c1-5-6-29(4)28(2,3)40-31(41-29)21-9-24(27-20(13-32)14-36-37(27)17-21)25-15-34-26(16-33-25)38-22-7-19-8-23(38)12-30(10-19,11-22)35-18-39/h9,14-19,22-23H,5-8,10-12H2,1-4H3,(H,35,39). The minimum atomic E-state index is -0.571. The molecule has 3 aromatic heterocycles. The van der Waals surface area contributed by atoms with E-state index in [0.717, 1.165) is 68.2 Å². The van der Waals surface area contributed by atoms with Gasteiger partial charge in [-0.3, -0.25) is 9.78 Å². The molecule has 11 heteroatoms. The summed E-state index contributed by atoms with van der Waals surface area (Å²) in [4.78, 5) is 23.6. The van der Waals surface area contributed by atoms with Gasteiger partial charge in [-0.2, -0.15) is 10.4 Å². The van der Waals surface area contributed by atoms with Crippen molar-refractivity contribution in [2.24, 2.45) is 5.92 Å². The van der Waals surface area contributed by atoms with Crippen LogP contribution in [0.2, 0.25) is 0 Å². The number of pyridine rings is 1. The molecule has 8 rings (SSSR count). The van der Waals surface area contributed by atoms with E-state index in [1.165, 1.54) is 0 Å². The predicted molar refractivity (Wildman–Crippen MR) is 154 cm³/mol. The van der Waals surface area contributed by atoms with Gasteiger partial charge < -0.3 is 19.5 Å². The molecular formula is C30H36BN7O3. The molecule has 1 amide bonds. The molecular weight excluding hydrogens is 517 g/mol. The van der Waals surface area contributed by atoms with E-state index in [1.807, 2.05) is 18.5 Å². The van der Waals surface area contributed by atoms with E-state index >= 15 is 0 Å². The smallest absolute Gasteiger partial charge is 0.399 e. The normalized spacial score (nSPS) is 31.5. The van der Waals surface area contributed by atoms with E-state index in [2.05, 4.69) is 49.1 Å². The van der Waals surface area contributed by atoms with Crippen molar-refractivity contribution in [3.05, 3.63) is 36.4 Å². The van der Waals surface area contributed by atoms with Crippen LogP contribution >= 0.6 is 0 Å². The Morgan fingerprint density at radius 1 is 1.15 bits per heavy atom. The Kier molecular flexibility index (Phi) is 5.97. The van der Waals surface area contributed by atoms with Crippen molar-refractivity contribution >= 4 is 30.3 Å². The molecule has 3 aromatic rings. The summed E-state index contributed by atoms with van der Waals surface area (Å²) in [5, 5.41) is 17.5. The number of piperidine rings is 2. The van der Waals surface area contributed by atoms with Gasteiger partial charge in [0.15, 0.2) is 0 Å². The number of rotatable bonds is 7. The lowest BCUT2D eigenvalue weighted by Gasteiger charge is -2.61. The second-order valence-corrected chi connectivity index (χ2v) is 13.2. The molecule has 41 heavy (non-hydrogen) atoms. The fraction of sp³-hybridized carbons (Fsp3) is 0.567. The van der Waals surface area contributed by atoms with E-state index in [0.29, 0.717) is 34.8 Å². The van der Waals surface area contributed by atoms with Crippen molar-refractivity contribution in [2.75, 3.05) is 4.90 Å². The molecule has 10 nitrogen and oxygen atoms in total. The van der Waals surface area contributed by atoms with E-state index in [-0.39, 0.29) is 5.54 Å². The number of amides is 1. The zero-order valence-electron chi connectivity index (χ0n) is 24.1. The molecule has 0 spiro atoms. The largest absolute Gasteiger partial charge is 0.496 e. The molecule has 6 heterocycles. The SMILES string of the molecule is CCCC1(C)OB(c2cc(-c3cnc(N4C5CC6CC4CC(NC=O)(C6)C5)cn3)c3c(C#N)cnn3c2)OC1(C)C. The highest BCUT2D eigenvalue weighted by atomic mass is 16.7. The Bertz CT molecular complexity index is 1530. The summed E-state index contributed by atoms with van der Waals surface area (Å²) in [6, 6.07) is 4.97. The van der Waals surface area contributed by atoms with Crippen molar-refractivity contribution in [1.82, 2.24) is 24.9 Å². The van der Waals surface area contributed by atoms with Gasteiger partial charge in [-0.25, -0.2) is 9.50 Å². The molecule has 3 aliphatic heterocycles. The van der Waals surface area contributed by atoms with Crippen molar-refractivity contribution in [3.8, 4) is 17.3 Å². The first-order chi connectivity index (χ1) is 19.7. The molecule has 2 aliphatic carbocycles. The van der Waals surface area contributed by atoms with Gasteiger partial charge in [0.05, 0.1) is 46.6 Å². The van der Waals surface area contributed by atoms with Crippen LogP contribution in [0.1, 0.15) is 78.2 Å². The zero-order chi connectivity index (χ0) is 28.6. The lowest BCUT2D eigenvalue weighted by atomic mass is 9.59. The van der Waals surface area contributed by atoms with Crippen LogP contribution in [0.15, 0.2) is 30.9 Å². The van der Waals surface area contributed by atoms with Crippen LogP contribution in [-0.4, -0.2) is 61.9 Å². The molecule has 3 unspecified atom stereocenters. The van der Waals surface area contributed by atoms with Crippen molar-refractivity contribution < 1.29 is 14.1 Å². The van der Waals surface area contributed by atoms with Crippen LogP contribution < -0.4 is 15.7 Å². The summed E-state index contributed by atoms with van der Waals surface area (Å²) in [6.45, 7) is 8.41. The van der Waals surface area contributed by atoms with Gasteiger partial charge in [-0.1, -0.05) is 13.3 Å². The second-order valence-electron chi connectivity index (χ2n) is 13.2. The molecule has 5 aliphatic rings. The summed E-state index contributed by atoms with van der Waals surface area (Å²) in [7, 11) is -0.571. The molecule has 4 bridgehead atoms. The van der Waals surface area contributed by atoms with E-state index in [9.17, 15) is 10.1 Å². The number of fused-ring (bicyclic) bond motifs is 1. The number of nitriles is 1. The van der Waals surface area contributed by atoms with Crippen molar-refractivity contribution in [1.29, 1.82) is 5.26 Å². The maximum atomic E-state index is 11.3. The quantitative estimate of drug-likeness (QED) is 0.350. The summed E-state index contributed by atoms with van der Waals surface area (Å²) in [5.74, 6) is 1.51. The molecule has 0 radical (unpaired) electrons. The highest BCUT2D eigenvalue weighted by molar-refractivity contribution is 6.62. The monoisotopic (exact) mass is 553 g/mol. The van der Waals surface area contributed by atoms with Crippen LogP contribution in [0.25, 0.3) is 16.8 Å². The minimum Gasteiger partial charge on any atom is -0.399 e. The Balaban J connectivity index is 1.23. The van der Waals surface area contributed by atoms with Gasteiger partial charge in [0.2, 0.25) is 6.41 Å². The Labute approximate surface area is 240 Å². The minimum absolute atomic E-state index is 0.0734.